The normalized spacial score (nSPS) is 16.6. The van der Waals surface area contributed by atoms with E-state index in [0.717, 1.165) is 28.2 Å². The molecule has 1 atom stereocenters. The van der Waals surface area contributed by atoms with Crippen LogP contribution >= 0.6 is 11.3 Å². The molecule has 0 saturated carbocycles. The van der Waals surface area contributed by atoms with Gasteiger partial charge in [0.2, 0.25) is 0 Å². The maximum atomic E-state index is 6.89. The zero-order chi connectivity index (χ0) is 31.3. The number of rotatable bonds is 2. The highest BCUT2D eigenvalue weighted by molar-refractivity contribution is 7.26. The van der Waals surface area contributed by atoms with Gasteiger partial charge >= 0.3 is 0 Å². The third-order valence-corrected chi connectivity index (χ3v) is 11.5. The SMILES string of the molecule is C=C/C=c1\c2n(c3ccccc13)-c1ccccc1C1(C=2C)c2ccccc2Oc2cc(-c3cccc4c3sc3ccccc34)ccc21. The number of aromatic nitrogens is 1. The first-order valence-electron chi connectivity index (χ1n) is 16.1. The van der Waals surface area contributed by atoms with Gasteiger partial charge in [0, 0.05) is 41.9 Å². The molecular formula is C44H29NOS. The summed E-state index contributed by atoms with van der Waals surface area (Å²) in [4.78, 5) is 0. The number of hydrogen-bond acceptors (Lipinski definition) is 2. The topological polar surface area (TPSA) is 14.2 Å². The summed E-state index contributed by atoms with van der Waals surface area (Å²) in [6.45, 7) is 6.44. The number of nitrogens with zero attached hydrogens (tertiary/aromatic N) is 1. The summed E-state index contributed by atoms with van der Waals surface area (Å²) in [5, 5.41) is 6.24. The second kappa shape index (κ2) is 9.68. The molecule has 1 unspecified atom stereocenters. The Labute approximate surface area is 276 Å². The third-order valence-electron chi connectivity index (χ3n) is 10.3. The minimum Gasteiger partial charge on any atom is -0.457 e. The molecule has 8 aromatic rings. The van der Waals surface area contributed by atoms with Gasteiger partial charge in [0.25, 0.3) is 0 Å². The highest BCUT2D eigenvalue weighted by Crippen LogP contribution is 2.58. The number of fused-ring (bicyclic) bond motifs is 13. The van der Waals surface area contributed by atoms with E-state index in [9.17, 15) is 0 Å². The summed E-state index contributed by atoms with van der Waals surface area (Å²) in [7, 11) is 0. The Hall–Kier alpha value is -5.64. The van der Waals surface area contributed by atoms with E-state index >= 15 is 0 Å². The van der Waals surface area contributed by atoms with Gasteiger partial charge in [-0.2, -0.15) is 0 Å². The number of hydrogen-bond donors (Lipinski definition) is 0. The molecule has 0 fully saturated rings. The summed E-state index contributed by atoms with van der Waals surface area (Å²) in [5.74, 6) is 1.79. The van der Waals surface area contributed by atoms with Gasteiger partial charge in [0.05, 0.1) is 22.0 Å². The lowest BCUT2D eigenvalue weighted by molar-refractivity contribution is 0.438. The first-order chi connectivity index (χ1) is 23.2. The van der Waals surface area contributed by atoms with Gasteiger partial charge in [-0.15, -0.1) is 11.3 Å². The van der Waals surface area contributed by atoms with Crippen molar-refractivity contribution in [2.24, 2.45) is 0 Å². The van der Waals surface area contributed by atoms with E-state index in [1.807, 2.05) is 17.4 Å². The minimum atomic E-state index is -0.558. The first kappa shape index (κ1) is 26.6. The molecule has 2 aliphatic heterocycles. The summed E-state index contributed by atoms with van der Waals surface area (Å²) in [6.07, 6.45) is 4.08. The van der Waals surface area contributed by atoms with Crippen molar-refractivity contribution in [1.82, 2.24) is 4.57 Å². The van der Waals surface area contributed by atoms with Crippen LogP contribution in [0.15, 0.2) is 146 Å². The molecule has 2 aromatic heterocycles. The zero-order valence-corrected chi connectivity index (χ0v) is 26.6. The molecule has 47 heavy (non-hydrogen) atoms. The van der Waals surface area contributed by atoms with Crippen LogP contribution in [0.4, 0.5) is 0 Å². The second-order valence-corrected chi connectivity index (χ2v) is 13.6. The van der Waals surface area contributed by atoms with Crippen molar-refractivity contribution in [2.45, 2.75) is 12.3 Å². The molecule has 2 nitrogen and oxygen atoms in total. The average molecular weight is 620 g/mol. The lowest BCUT2D eigenvalue weighted by atomic mass is 9.62. The molecular weight excluding hydrogens is 591 g/mol. The van der Waals surface area contributed by atoms with Crippen LogP contribution in [-0.2, 0) is 5.41 Å². The molecule has 2 aliphatic rings. The van der Waals surface area contributed by atoms with Crippen molar-refractivity contribution >= 4 is 54.1 Å². The van der Waals surface area contributed by atoms with Crippen LogP contribution in [-0.4, -0.2) is 4.57 Å². The van der Waals surface area contributed by atoms with Crippen LogP contribution in [0.1, 0.15) is 23.6 Å². The molecule has 0 bridgehead atoms. The van der Waals surface area contributed by atoms with Crippen molar-refractivity contribution in [2.75, 3.05) is 0 Å². The van der Waals surface area contributed by atoms with Gasteiger partial charge in [-0.25, -0.2) is 0 Å². The van der Waals surface area contributed by atoms with Crippen LogP contribution in [0.5, 0.6) is 11.5 Å². The standard InChI is InChI=1S/C44H29NOS/c1-3-13-32-30-14-4-8-20-37(30)45-38-21-9-6-18-34(38)44(27(2)42(32)45)35-19-7-10-22-39(35)46-40-26-28(24-25-36(40)44)29-16-12-17-33-31-15-5-11-23-41(31)47-43(29)33/h3-26H,1H2,2H3/b32-13-. The number of thiophene rings is 1. The Morgan fingerprint density at radius 1 is 0.681 bits per heavy atom. The van der Waals surface area contributed by atoms with Gasteiger partial charge in [-0.05, 0) is 59.5 Å². The van der Waals surface area contributed by atoms with Crippen LogP contribution in [0.3, 0.4) is 0 Å². The molecule has 222 valence electrons. The highest BCUT2D eigenvalue weighted by Gasteiger charge is 2.49. The summed E-state index contributed by atoms with van der Waals surface area (Å²) < 4.78 is 12.0. The van der Waals surface area contributed by atoms with Crippen molar-refractivity contribution in [3.63, 3.8) is 0 Å². The van der Waals surface area contributed by atoms with Gasteiger partial charge in [-0.1, -0.05) is 122 Å². The maximum Gasteiger partial charge on any atom is 0.132 e. The lowest BCUT2D eigenvalue weighted by Crippen LogP contribution is -2.46. The fraction of sp³-hybridized carbons (Fsp3) is 0.0455. The van der Waals surface area contributed by atoms with Crippen LogP contribution < -0.4 is 15.3 Å². The van der Waals surface area contributed by atoms with E-state index < -0.39 is 5.41 Å². The van der Waals surface area contributed by atoms with Crippen LogP contribution in [0.2, 0.25) is 0 Å². The summed E-state index contributed by atoms with van der Waals surface area (Å²) in [5.41, 5.74) is 9.08. The summed E-state index contributed by atoms with van der Waals surface area (Å²) >= 11 is 1.86. The monoisotopic (exact) mass is 619 g/mol. The van der Waals surface area contributed by atoms with E-state index in [4.69, 9.17) is 4.74 Å². The third kappa shape index (κ3) is 3.39. The van der Waals surface area contributed by atoms with E-state index in [1.165, 1.54) is 64.0 Å². The van der Waals surface area contributed by atoms with Gasteiger partial charge < -0.3 is 9.30 Å². The molecule has 0 aliphatic carbocycles. The summed E-state index contributed by atoms with van der Waals surface area (Å²) in [6, 6.07) is 48.5. The van der Waals surface area contributed by atoms with Crippen LogP contribution in [0.25, 0.3) is 59.5 Å². The van der Waals surface area contributed by atoms with Gasteiger partial charge in [0.1, 0.15) is 11.5 Å². The molecule has 0 amide bonds. The van der Waals surface area contributed by atoms with Crippen molar-refractivity contribution in [3.05, 3.63) is 173 Å². The smallest absolute Gasteiger partial charge is 0.132 e. The average Bonchev–Trinajstić information content (AvgIpc) is 3.66. The number of para-hydroxylation sites is 3. The van der Waals surface area contributed by atoms with Crippen LogP contribution in [0, 0.1) is 0 Å². The number of allylic oxidation sites excluding steroid dienone is 1. The van der Waals surface area contributed by atoms with Crippen molar-refractivity contribution < 1.29 is 4.74 Å². The number of ether oxygens (including phenoxy) is 1. The highest BCUT2D eigenvalue weighted by atomic mass is 32.1. The van der Waals surface area contributed by atoms with E-state index in [-0.39, 0.29) is 0 Å². The molecule has 0 saturated heterocycles. The Bertz CT molecular complexity index is 2760. The molecule has 6 aromatic carbocycles. The minimum absolute atomic E-state index is 0.558. The lowest BCUT2D eigenvalue weighted by Gasteiger charge is -2.44. The Morgan fingerprint density at radius 3 is 2.30 bits per heavy atom. The molecule has 4 heterocycles. The van der Waals surface area contributed by atoms with Crippen molar-refractivity contribution in [3.8, 4) is 28.3 Å². The Kier molecular flexibility index (Phi) is 5.47. The van der Waals surface area contributed by atoms with Gasteiger partial charge in [-0.3, -0.25) is 0 Å². The van der Waals surface area contributed by atoms with Crippen molar-refractivity contribution in [1.29, 1.82) is 0 Å². The fourth-order valence-corrected chi connectivity index (χ4v) is 9.66. The quantitative estimate of drug-likeness (QED) is 0.188. The Morgan fingerprint density at radius 2 is 1.40 bits per heavy atom. The van der Waals surface area contributed by atoms with E-state index in [1.54, 1.807) is 0 Å². The predicted molar refractivity (Wildman–Crippen MR) is 197 cm³/mol. The Balaban J connectivity index is 1.33. The molecule has 0 radical (unpaired) electrons. The number of benzene rings is 6. The van der Waals surface area contributed by atoms with E-state index in [0.29, 0.717) is 0 Å². The van der Waals surface area contributed by atoms with Gasteiger partial charge in [0.15, 0.2) is 0 Å². The first-order valence-corrected chi connectivity index (χ1v) is 16.9. The van der Waals surface area contributed by atoms with E-state index in [2.05, 4.69) is 158 Å². The molecule has 3 heteroatoms. The fourth-order valence-electron chi connectivity index (χ4n) is 8.42. The zero-order valence-electron chi connectivity index (χ0n) is 25.8. The molecule has 10 rings (SSSR count). The largest absolute Gasteiger partial charge is 0.457 e. The maximum absolute atomic E-state index is 6.89. The molecule has 1 spiro atoms. The second-order valence-electron chi connectivity index (χ2n) is 12.5. The predicted octanol–water partition coefficient (Wildman–Crippen LogP) is 10.3. The molecule has 0 N–H and O–H groups in total.